The number of unbranched alkanes of at least 4 members (excludes halogenated alkanes) is 45. The van der Waals surface area contributed by atoms with E-state index in [0.29, 0.717) is 25.7 Å². The van der Waals surface area contributed by atoms with Crippen molar-refractivity contribution in [2.75, 3.05) is 39.6 Å². The first kappa shape index (κ1) is 93.1. The van der Waals surface area contributed by atoms with E-state index >= 15 is 0 Å². The Morgan fingerprint density at radius 2 is 0.484 bits per heavy atom. The average Bonchev–Trinajstić information content (AvgIpc) is 1.46. The minimum absolute atomic E-state index is 0.104. The molecule has 2 unspecified atom stereocenters. The fourth-order valence-electron chi connectivity index (χ4n) is 11.7. The van der Waals surface area contributed by atoms with Crippen LogP contribution in [0.25, 0.3) is 0 Å². The summed E-state index contributed by atoms with van der Waals surface area (Å²) in [5, 5.41) is 10.6. The predicted octanol–water partition coefficient (Wildman–Crippen LogP) is 22.3. The van der Waals surface area contributed by atoms with Crippen molar-refractivity contribution in [1.29, 1.82) is 0 Å². The molecule has 0 amide bonds. The lowest BCUT2D eigenvalue weighted by atomic mass is 10.0. The number of ether oxygens (including phenoxy) is 4. The molecule has 0 saturated heterocycles. The molecule has 17 nitrogen and oxygen atoms in total. The van der Waals surface area contributed by atoms with Crippen molar-refractivity contribution in [3.05, 3.63) is 0 Å². The molecule has 0 spiro atoms. The second-order valence-electron chi connectivity index (χ2n) is 28.3. The number of hydrogen-bond donors (Lipinski definition) is 3. The van der Waals surface area contributed by atoms with Crippen molar-refractivity contribution < 1.29 is 80.2 Å². The van der Waals surface area contributed by atoms with E-state index in [0.717, 1.165) is 108 Å². The highest BCUT2D eigenvalue weighted by Crippen LogP contribution is 2.45. The highest BCUT2D eigenvalue weighted by molar-refractivity contribution is 7.47. The number of carbonyl (C=O) groups excluding carboxylic acids is 4. The van der Waals surface area contributed by atoms with Gasteiger partial charge in [-0.15, -0.1) is 0 Å². The largest absolute Gasteiger partial charge is 0.472 e. The third-order valence-corrected chi connectivity index (χ3v) is 19.6. The van der Waals surface area contributed by atoms with Gasteiger partial charge in [0, 0.05) is 25.7 Å². The van der Waals surface area contributed by atoms with E-state index in [2.05, 4.69) is 41.5 Å². The highest BCUT2D eigenvalue weighted by Gasteiger charge is 2.30. The first-order chi connectivity index (χ1) is 45.9. The summed E-state index contributed by atoms with van der Waals surface area (Å²) < 4.78 is 68.4. The molecule has 0 aromatic rings. The van der Waals surface area contributed by atoms with Crippen molar-refractivity contribution >= 4 is 39.5 Å². The molecular weight excluding hydrogens is 1250 g/mol. The summed E-state index contributed by atoms with van der Waals surface area (Å²) in [5.74, 6) is -0.621. The molecule has 0 rings (SSSR count). The molecule has 0 aromatic carbocycles. The Hall–Kier alpha value is -1.94. The lowest BCUT2D eigenvalue weighted by Gasteiger charge is -2.21. The maximum absolute atomic E-state index is 13.1. The number of aliphatic hydroxyl groups excluding tert-OH is 1. The van der Waals surface area contributed by atoms with Gasteiger partial charge >= 0.3 is 39.5 Å². The van der Waals surface area contributed by atoms with Gasteiger partial charge in [-0.1, -0.05) is 343 Å². The Balaban J connectivity index is 5.18. The minimum atomic E-state index is -4.96. The summed E-state index contributed by atoms with van der Waals surface area (Å²) in [5.41, 5.74) is 0. The van der Waals surface area contributed by atoms with E-state index in [1.165, 1.54) is 205 Å². The molecule has 0 heterocycles. The first-order valence-electron chi connectivity index (χ1n) is 39.5. The van der Waals surface area contributed by atoms with Gasteiger partial charge in [0.2, 0.25) is 0 Å². The van der Waals surface area contributed by atoms with Crippen LogP contribution in [0.4, 0.5) is 0 Å². The summed E-state index contributed by atoms with van der Waals surface area (Å²) in [6, 6.07) is 0. The van der Waals surface area contributed by atoms with E-state index in [9.17, 15) is 43.2 Å². The van der Waals surface area contributed by atoms with E-state index in [-0.39, 0.29) is 25.7 Å². The lowest BCUT2D eigenvalue weighted by Crippen LogP contribution is -2.30. The molecule has 0 bridgehead atoms. The molecule has 0 aliphatic heterocycles. The van der Waals surface area contributed by atoms with Crippen LogP contribution in [-0.2, 0) is 65.4 Å². The van der Waals surface area contributed by atoms with Crippen LogP contribution in [0.1, 0.15) is 395 Å². The molecule has 0 saturated carbocycles. The molecule has 0 aliphatic rings. The van der Waals surface area contributed by atoms with Crippen LogP contribution in [0.3, 0.4) is 0 Å². The van der Waals surface area contributed by atoms with Gasteiger partial charge in [0.15, 0.2) is 12.2 Å². The zero-order chi connectivity index (χ0) is 70.0. The standard InChI is InChI=1S/C76H148O17P2/c1-7-9-11-13-15-17-18-19-20-21-22-23-24-25-26-27-32-35-42-48-54-60-75(80)92-72(65-87-74(79)59-53-47-41-34-31-29-28-30-33-38-44-50-56-68(3)4)67-91-95(84,85)89-63-70(77)62-88-94(82,83)90-66-71(64-86-73(78)58-52-46-40-16-14-12-10-8-2)93-76(81)61-55-49-43-37-36-39-45-51-57-69(5)6/h68-72,77H,7-67H2,1-6H3,(H,82,83)(H,84,85)/t70-,71+,72+/m0/s1. The van der Waals surface area contributed by atoms with Gasteiger partial charge in [-0.2, -0.15) is 0 Å². The summed E-state index contributed by atoms with van der Waals surface area (Å²) in [6.45, 7) is 9.53. The average molecular weight is 1400 g/mol. The molecule has 0 aromatic heterocycles. The van der Waals surface area contributed by atoms with Gasteiger partial charge in [0.1, 0.15) is 19.3 Å². The van der Waals surface area contributed by atoms with Crippen LogP contribution in [0.15, 0.2) is 0 Å². The molecule has 95 heavy (non-hydrogen) atoms. The fourth-order valence-corrected chi connectivity index (χ4v) is 13.2. The Morgan fingerprint density at radius 3 is 0.716 bits per heavy atom. The van der Waals surface area contributed by atoms with Gasteiger partial charge in [-0.25, -0.2) is 9.13 Å². The Bertz CT molecular complexity index is 1840. The van der Waals surface area contributed by atoms with Crippen molar-refractivity contribution in [2.45, 2.75) is 413 Å². The van der Waals surface area contributed by atoms with Crippen LogP contribution in [0.2, 0.25) is 0 Å². The quantitative estimate of drug-likeness (QED) is 0.0222. The lowest BCUT2D eigenvalue weighted by molar-refractivity contribution is -0.161. The molecule has 564 valence electrons. The second-order valence-corrected chi connectivity index (χ2v) is 31.3. The van der Waals surface area contributed by atoms with Gasteiger partial charge in [-0.3, -0.25) is 37.3 Å². The molecule has 0 radical (unpaired) electrons. The third kappa shape index (κ3) is 70.3. The Labute approximate surface area is 581 Å². The molecular formula is C76H148O17P2. The van der Waals surface area contributed by atoms with Crippen LogP contribution in [0.5, 0.6) is 0 Å². The zero-order valence-electron chi connectivity index (χ0n) is 62.0. The highest BCUT2D eigenvalue weighted by atomic mass is 31.2. The number of esters is 4. The summed E-state index contributed by atoms with van der Waals surface area (Å²) in [7, 11) is -9.91. The number of aliphatic hydroxyl groups is 1. The third-order valence-electron chi connectivity index (χ3n) is 17.7. The van der Waals surface area contributed by atoms with E-state index in [1.807, 2.05) is 0 Å². The van der Waals surface area contributed by atoms with E-state index in [4.69, 9.17) is 37.0 Å². The monoisotopic (exact) mass is 1400 g/mol. The number of phosphoric ester groups is 2. The zero-order valence-corrected chi connectivity index (χ0v) is 63.8. The van der Waals surface area contributed by atoms with Gasteiger partial charge in [0.25, 0.3) is 0 Å². The van der Waals surface area contributed by atoms with Crippen molar-refractivity contribution in [2.24, 2.45) is 11.8 Å². The normalized spacial score (nSPS) is 14.0. The van der Waals surface area contributed by atoms with Gasteiger partial charge < -0.3 is 33.8 Å². The molecule has 19 heteroatoms. The van der Waals surface area contributed by atoms with Crippen LogP contribution in [0, 0.1) is 11.8 Å². The summed E-state index contributed by atoms with van der Waals surface area (Å²) in [4.78, 5) is 72.7. The minimum Gasteiger partial charge on any atom is -0.462 e. The SMILES string of the molecule is CCCCCCCCCCCCCCCCCCCCCCCC(=O)O[C@H](COC(=O)CCCCCCCCCCCCCCC(C)C)COP(=O)(O)OC[C@@H](O)COP(=O)(O)OC[C@@H](COC(=O)CCCCCCCCCC)OC(=O)CCCCCCCCCCC(C)C. The number of rotatable bonds is 75. The predicted molar refractivity (Wildman–Crippen MR) is 386 cm³/mol. The van der Waals surface area contributed by atoms with Crippen LogP contribution < -0.4 is 0 Å². The topological polar surface area (TPSA) is 237 Å². The van der Waals surface area contributed by atoms with E-state index < -0.39 is 97.5 Å². The second kappa shape index (κ2) is 67.9. The number of phosphoric acid groups is 2. The van der Waals surface area contributed by atoms with Crippen molar-refractivity contribution in [3.8, 4) is 0 Å². The fraction of sp³-hybridized carbons (Fsp3) is 0.947. The maximum Gasteiger partial charge on any atom is 0.472 e. The van der Waals surface area contributed by atoms with Crippen molar-refractivity contribution in [1.82, 2.24) is 0 Å². The summed E-state index contributed by atoms with van der Waals surface area (Å²) in [6.07, 6.45) is 55.8. The maximum atomic E-state index is 13.1. The molecule has 0 aliphatic carbocycles. The van der Waals surface area contributed by atoms with Crippen LogP contribution in [-0.4, -0.2) is 96.7 Å². The van der Waals surface area contributed by atoms with Crippen molar-refractivity contribution in [3.63, 3.8) is 0 Å². The number of hydrogen-bond acceptors (Lipinski definition) is 15. The summed E-state index contributed by atoms with van der Waals surface area (Å²) >= 11 is 0. The Kier molecular flexibility index (Phi) is 66.5. The first-order valence-corrected chi connectivity index (χ1v) is 42.5. The van der Waals surface area contributed by atoms with Gasteiger partial charge in [-0.05, 0) is 37.5 Å². The van der Waals surface area contributed by atoms with Crippen LogP contribution >= 0.6 is 15.6 Å². The number of carbonyl (C=O) groups is 4. The molecule has 0 fully saturated rings. The molecule has 3 N–H and O–H groups in total. The Morgan fingerprint density at radius 1 is 0.284 bits per heavy atom. The van der Waals surface area contributed by atoms with E-state index in [1.54, 1.807) is 0 Å². The molecule has 5 atom stereocenters. The smallest absolute Gasteiger partial charge is 0.462 e. The van der Waals surface area contributed by atoms with Gasteiger partial charge in [0.05, 0.1) is 26.4 Å².